The van der Waals surface area contributed by atoms with E-state index in [0.29, 0.717) is 5.75 Å². The molecule has 0 saturated carbocycles. The van der Waals surface area contributed by atoms with Gasteiger partial charge in [-0.25, -0.2) is 4.99 Å². The number of hydrogen-bond acceptors (Lipinski definition) is 4. The normalized spacial score (nSPS) is 13.2. The molecule has 25 heavy (non-hydrogen) atoms. The van der Waals surface area contributed by atoms with Crippen LogP contribution >= 0.6 is 0 Å². The highest BCUT2D eigenvalue weighted by Gasteiger charge is 2.43. The van der Waals surface area contributed by atoms with Crippen molar-refractivity contribution in [1.29, 1.82) is 0 Å². The van der Waals surface area contributed by atoms with Crippen molar-refractivity contribution in [2.75, 3.05) is 7.11 Å². The van der Waals surface area contributed by atoms with Crippen LogP contribution in [-0.4, -0.2) is 25.0 Å². The summed E-state index contributed by atoms with van der Waals surface area (Å²) >= 11 is 0. The van der Waals surface area contributed by atoms with Gasteiger partial charge in [0.2, 0.25) is 0 Å². The van der Waals surface area contributed by atoms with Gasteiger partial charge in [-0.2, -0.15) is 13.2 Å². The molecule has 0 aliphatic rings. The van der Waals surface area contributed by atoms with Gasteiger partial charge in [-0.1, -0.05) is 30.3 Å². The third-order valence-corrected chi connectivity index (χ3v) is 3.25. The molecule has 2 rings (SSSR count). The molecule has 0 spiro atoms. The highest BCUT2D eigenvalue weighted by Crippen LogP contribution is 2.32. The fourth-order valence-corrected chi connectivity index (χ4v) is 2.14. The van der Waals surface area contributed by atoms with Crippen LogP contribution in [0.5, 0.6) is 5.75 Å². The minimum absolute atomic E-state index is 0.0706. The Morgan fingerprint density at radius 3 is 2.12 bits per heavy atom. The van der Waals surface area contributed by atoms with Gasteiger partial charge < -0.3 is 9.47 Å². The molecule has 0 aliphatic carbocycles. The number of carbonyl (C=O) groups excluding carboxylic acids is 1. The molecule has 1 atom stereocenters. The number of alkyl halides is 3. The lowest BCUT2D eigenvalue weighted by molar-refractivity contribution is -0.145. The minimum Gasteiger partial charge on any atom is -0.497 e. The fourth-order valence-electron chi connectivity index (χ4n) is 2.14. The maximum atomic E-state index is 13.6. The van der Waals surface area contributed by atoms with Crippen LogP contribution in [0.4, 0.5) is 18.9 Å². The van der Waals surface area contributed by atoms with Gasteiger partial charge in [-0.05, 0) is 29.8 Å². The number of rotatable bonds is 5. The molecule has 1 unspecified atom stereocenters. The van der Waals surface area contributed by atoms with Crippen LogP contribution in [0.25, 0.3) is 0 Å². The Morgan fingerprint density at radius 2 is 1.64 bits per heavy atom. The number of esters is 1. The molecule has 4 nitrogen and oxygen atoms in total. The van der Waals surface area contributed by atoms with E-state index >= 15 is 0 Å². The van der Waals surface area contributed by atoms with Gasteiger partial charge in [-0.15, -0.1) is 0 Å². The van der Waals surface area contributed by atoms with Crippen molar-refractivity contribution < 1.29 is 27.4 Å². The predicted molar refractivity (Wildman–Crippen MR) is 87.1 cm³/mol. The number of ether oxygens (including phenoxy) is 2. The average molecular weight is 351 g/mol. The molecule has 0 radical (unpaired) electrons. The van der Waals surface area contributed by atoms with E-state index in [0.717, 1.165) is 6.92 Å². The third kappa shape index (κ3) is 5.07. The van der Waals surface area contributed by atoms with Gasteiger partial charge >= 0.3 is 12.1 Å². The number of nitrogens with zero attached hydrogens (tertiary/aromatic N) is 1. The van der Waals surface area contributed by atoms with Crippen molar-refractivity contribution in [3.8, 4) is 5.75 Å². The van der Waals surface area contributed by atoms with E-state index < -0.39 is 24.0 Å². The first-order chi connectivity index (χ1) is 11.8. The van der Waals surface area contributed by atoms with Crippen molar-refractivity contribution in [2.45, 2.75) is 19.2 Å². The van der Waals surface area contributed by atoms with Crippen molar-refractivity contribution in [1.82, 2.24) is 0 Å². The van der Waals surface area contributed by atoms with E-state index in [9.17, 15) is 18.0 Å². The second-order valence-corrected chi connectivity index (χ2v) is 5.09. The molecule has 7 heteroatoms. The molecular formula is C18H16F3NO3. The van der Waals surface area contributed by atoms with Gasteiger partial charge in [-0.3, -0.25) is 4.79 Å². The quantitative estimate of drug-likeness (QED) is 0.583. The maximum absolute atomic E-state index is 13.6. The van der Waals surface area contributed by atoms with Crippen LogP contribution in [0.3, 0.4) is 0 Å². The number of hydrogen-bond donors (Lipinski definition) is 0. The smallest absolute Gasteiger partial charge is 0.433 e. The first-order valence-electron chi connectivity index (χ1n) is 7.33. The summed E-state index contributed by atoms with van der Waals surface area (Å²) in [6.45, 7) is 1.05. The molecule has 0 heterocycles. The van der Waals surface area contributed by atoms with E-state index in [2.05, 4.69) is 4.99 Å². The summed E-state index contributed by atoms with van der Waals surface area (Å²) in [5.41, 5.74) is -0.956. The van der Waals surface area contributed by atoms with Crippen LogP contribution in [0.1, 0.15) is 18.6 Å². The SMILES string of the molecule is COc1ccc(N=C(C(OC(C)=O)c2ccccc2)C(F)(F)F)cc1. The Hall–Kier alpha value is -2.83. The zero-order chi connectivity index (χ0) is 18.4. The monoisotopic (exact) mass is 351 g/mol. The van der Waals surface area contributed by atoms with Gasteiger partial charge in [0.05, 0.1) is 12.8 Å². The molecule has 132 valence electrons. The lowest BCUT2D eigenvalue weighted by atomic mass is 10.0. The van der Waals surface area contributed by atoms with Crippen LogP contribution in [-0.2, 0) is 9.53 Å². The molecule has 0 N–H and O–H groups in total. The molecular weight excluding hydrogens is 335 g/mol. The molecule has 0 aliphatic heterocycles. The van der Waals surface area contributed by atoms with Gasteiger partial charge in [0.25, 0.3) is 0 Å². The number of benzene rings is 2. The zero-order valence-electron chi connectivity index (χ0n) is 13.6. The largest absolute Gasteiger partial charge is 0.497 e. The zero-order valence-corrected chi connectivity index (χ0v) is 13.6. The molecule has 0 aromatic heterocycles. The van der Waals surface area contributed by atoms with Gasteiger partial charge in [0.1, 0.15) is 5.75 Å². The van der Waals surface area contributed by atoms with E-state index in [1.54, 1.807) is 18.2 Å². The first kappa shape index (κ1) is 18.5. The van der Waals surface area contributed by atoms with Crippen LogP contribution < -0.4 is 4.74 Å². The van der Waals surface area contributed by atoms with Gasteiger partial charge in [0.15, 0.2) is 11.8 Å². The average Bonchev–Trinajstić information content (AvgIpc) is 2.58. The van der Waals surface area contributed by atoms with Crippen molar-refractivity contribution in [3.63, 3.8) is 0 Å². The summed E-state index contributed by atoms with van der Waals surface area (Å²) in [4.78, 5) is 15.0. The first-order valence-corrected chi connectivity index (χ1v) is 7.33. The summed E-state index contributed by atoms with van der Waals surface area (Å²) in [6, 6.07) is 13.4. The Morgan fingerprint density at radius 1 is 1.04 bits per heavy atom. The second kappa shape index (κ2) is 7.83. The Kier molecular flexibility index (Phi) is 5.80. The molecule has 0 bridgehead atoms. The van der Waals surface area contributed by atoms with Crippen molar-refractivity contribution in [2.24, 2.45) is 4.99 Å². The number of carbonyl (C=O) groups is 1. The van der Waals surface area contributed by atoms with Gasteiger partial charge in [0, 0.05) is 6.92 Å². The highest BCUT2D eigenvalue weighted by atomic mass is 19.4. The number of methoxy groups -OCH3 is 1. The van der Waals surface area contributed by atoms with Crippen LogP contribution in [0.2, 0.25) is 0 Å². The summed E-state index contributed by atoms with van der Waals surface area (Å²) in [5.74, 6) is -0.340. The van der Waals surface area contributed by atoms with E-state index in [1.807, 2.05) is 0 Å². The topological polar surface area (TPSA) is 47.9 Å². The standard InChI is InChI=1S/C18H16F3NO3/c1-12(23)25-16(13-6-4-3-5-7-13)17(18(19,20)21)22-14-8-10-15(24-2)11-9-14/h3-11,16H,1-2H3. The van der Waals surface area contributed by atoms with E-state index in [1.165, 1.54) is 43.5 Å². The number of aliphatic imine (C=N–C) groups is 1. The third-order valence-electron chi connectivity index (χ3n) is 3.25. The Labute approximate surface area is 142 Å². The molecule has 0 amide bonds. The van der Waals surface area contributed by atoms with Crippen molar-refractivity contribution >= 4 is 17.4 Å². The number of halogens is 3. The summed E-state index contributed by atoms with van der Waals surface area (Å²) in [7, 11) is 1.45. The Balaban J connectivity index is 2.51. The van der Waals surface area contributed by atoms with E-state index in [4.69, 9.17) is 9.47 Å². The molecule has 0 saturated heterocycles. The highest BCUT2D eigenvalue weighted by molar-refractivity contribution is 5.97. The van der Waals surface area contributed by atoms with E-state index in [-0.39, 0.29) is 11.3 Å². The predicted octanol–water partition coefficient (Wildman–Crippen LogP) is 4.63. The lowest BCUT2D eigenvalue weighted by Gasteiger charge is -2.21. The maximum Gasteiger partial charge on any atom is 0.433 e. The van der Waals surface area contributed by atoms with Crippen LogP contribution in [0.15, 0.2) is 59.6 Å². The summed E-state index contributed by atoms with van der Waals surface area (Å²) in [6.07, 6.45) is -6.43. The lowest BCUT2D eigenvalue weighted by Crippen LogP contribution is -2.32. The second-order valence-electron chi connectivity index (χ2n) is 5.09. The summed E-state index contributed by atoms with van der Waals surface area (Å²) in [5, 5.41) is 0. The Bertz CT molecular complexity index is 740. The minimum atomic E-state index is -4.78. The van der Waals surface area contributed by atoms with Crippen molar-refractivity contribution in [3.05, 3.63) is 60.2 Å². The summed E-state index contributed by atoms with van der Waals surface area (Å²) < 4.78 is 50.7. The molecule has 0 fully saturated rings. The molecule has 2 aromatic carbocycles. The fraction of sp³-hybridized carbons (Fsp3) is 0.222. The molecule has 2 aromatic rings. The van der Waals surface area contributed by atoms with Crippen LogP contribution in [0, 0.1) is 0 Å².